The standard InChI is InChI=1S/C25H15N/c1-26-19-12-17-9-8-15-5-3-13-2-4-14-6-7-16-10-11-18(19)25-23(16)21(14)20(13)22(15)24(17)25/h2-12,26H,1H3. The maximum atomic E-state index is 3.42. The van der Waals surface area contributed by atoms with Crippen molar-refractivity contribution < 1.29 is 0 Å². The number of anilines is 1. The van der Waals surface area contributed by atoms with E-state index in [1.165, 1.54) is 70.3 Å². The summed E-state index contributed by atoms with van der Waals surface area (Å²) in [5.41, 5.74) is 1.21. The van der Waals surface area contributed by atoms with Crippen molar-refractivity contribution in [1.82, 2.24) is 0 Å². The van der Waals surface area contributed by atoms with E-state index >= 15 is 0 Å². The van der Waals surface area contributed by atoms with Crippen LogP contribution < -0.4 is 5.32 Å². The van der Waals surface area contributed by atoms with Gasteiger partial charge in [-0.05, 0) is 59.9 Å². The molecular weight excluding hydrogens is 314 g/mol. The summed E-state index contributed by atoms with van der Waals surface area (Å²) >= 11 is 0. The summed E-state index contributed by atoms with van der Waals surface area (Å²) in [5.74, 6) is 0. The molecule has 0 aliphatic carbocycles. The van der Waals surface area contributed by atoms with Crippen molar-refractivity contribution in [3.63, 3.8) is 0 Å². The second-order valence-electron chi connectivity index (χ2n) is 7.42. The molecule has 0 aliphatic heterocycles. The van der Waals surface area contributed by atoms with Crippen molar-refractivity contribution in [2.24, 2.45) is 0 Å². The number of hydrogen-bond acceptors (Lipinski definition) is 1. The Hall–Kier alpha value is -3.32. The van der Waals surface area contributed by atoms with E-state index in [-0.39, 0.29) is 0 Å². The van der Waals surface area contributed by atoms with Crippen LogP contribution in [0.1, 0.15) is 0 Å². The van der Waals surface area contributed by atoms with Crippen LogP contribution in [0.4, 0.5) is 5.69 Å². The van der Waals surface area contributed by atoms with E-state index in [0.29, 0.717) is 0 Å². The Morgan fingerprint density at radius 1 is 0.462 bits per heavy atom. The molecule has 0 saturated heterocycles. The van der Waals surface area contributed by atoms with Gasteiger partial charge in [-0.2, -0.15) is 0 Å². The molecular formula is C25H15N. The van der Waals surface area contributed by atoms with E-state index in [4.69, 9.17) is 0 Å². The van der Waals surface area contributed by atoms with Gasteiger partial charge in [-0.1, -0.05) is 60.7 Å². The fraction of sp³-hybridized carbons (Fsp3) is 0.0400. The molecule has 7 aromatic rings. The molecule has 1 nitrogen and oxygen atoms in total. The van der Waals surface area contributed by atoms with Gasteiger partial charge in [0.05, 0.1) is 0 Å². The zero-order chi connectivity index (χ0) is 17.0. The van der Waals surface area contributed by atoms with E-state index in [9.17, 15) is 0 Å². The van der Waals surface area contributed by atoms with Gasteiger partial charge in [-0.15, -0.1) is 0 Å². The van der Waals surface area contributed by atoms with Gasteiger partial charge in [0.15, 0.2) is 0 Å². The average molecular weight is 329 g/mol. The number of rotatable bonds is 1. The number of hydrogen-bond donors (Lipinski definition) is 1. The summed E-state index contributed by atoms with van der Waals surface area (Å²) in [6.07, 6.45) is 0. The second-order valence-corrected chi connectivity index (χ2v) is 7.42. The van der Waals surface area contributed by atoms with Crippen LogP contribution in [0.15, 0.2) is 66.7 Å². The highest BCUT2D eigenvalue weighted by Gasteiger charge is 2.20. The fourth-order valence-corrected chi connectivity index (χ4v) is 5.19. The SMILES string of the molecule is CNc1cc2ccc3ccc4ccc5ccc6ccc1c1c6c5c4c3c21. The first-order valence-electron chi connectivity index (χ1n) is 9.13. The number of benzene rings is 7. The molecule has 0 fully saturated rings. The largest absolute Gasteiger partial charge is 0.388 e. The van der Waals surface area contributed by atoms with Gasteiger partial charge >= 0.3 is 0 Å². The first-order valence-corrected chi connectivity index (χ1v) is 9.13. The lowest BCUT2D eigenvalue weighted by atomic mass is 9.82. The zero-order valence-corrected chi connectivity index (χ0v) is 14.4. The molecule has 7 aromatic carbocycles. The minimum Gasteiger partial charge on any atom is -0.388 e. The quantitative estimate of drug-likeness (QED) is 0.253. The van der Waals surface area contributed by atoms with E-state index in [0.717, 1.165) is 0 Å². The van der Waals surface area contributed by atoms with Crippen LogP contribution in [-0.4, -0.2) is 7.05 Å². The van der Waals surface area contributed by atoms with Gasteiger partial charge in [0.25, 0.3) is 0 Å². The summed E-state index contributed by atoms with van der Waals surface area (Å²) in [7, 11) is 2.02. The van der Waals surface area contributed by atoms with Crippen LogP contribution in [0.25, 0.3) is 64.6 Å². The summed E-state index contributed by atoms with van der Waals surface area (Å²) in [4.78, 5) is 0. The molecule has 0 bridgehead atoms. The molecule has 1 heteroatoms. The summed E-state index contributed by atoms with van der Waals surface area (Å²) in [6, 6.07) is 25.0. The van der Waals surface area contributed by atoms with Crippen molar-refractivity contribution in [1.29, 1.82) is 0 Å². The van der Waals surface area contributed by atoms with E-state index in [2.05, 4.69) is 72.0 Å². The van der Waals surface area contributed by atoms with Crippen molar-refractivity contribution in [2.75, 3.05) is 12.4 Å². The molecule has 0 amide bonds. The van der Waals surface area contributed by atoms with Gasteiger partial charge in [0.1, 0.15) is 0 Å². The van der Waals surface area contributed by atoms with Crippen LogP contribution in [-0.2, 0) is 0 Å². The summed E-state index contributed by atoms with van der Waals surface area (Å²) in [6.45, 7) is 0. The molecule has 7 rings (SSSR count). The molecule has 0 spiro atoms. The first-order chi connectivity index (χ1) is 12.8. The molecule has 0 heterocycles. The van der Waals surface area contributed by atoms with Gasteiger partial charge < -0.3 is 5.32 Å². The van der Waals surface area contributed by atoms with Crippen molar-refractivity contribution in [2.45, 2.75) is 0 Å². The average Bonchev–Trinajstić information content (AvgIpc) is 2.71. The molecule has 0 unspecified atom stereocenters. The van der Waals surface area contributed by atoms with Crippen LogP contribution >= 0.6 is 0 Å². The Bertz CT molecular complexity index is 1550. The van der Waals surface area contributed by atoms with Gasteiger partial charge in [0, 0.05) is 23.5 Å². The third-order valence-corrected chi connectivity index (χ3v) is 6.27. The smallest absolute Gasteiger partial charge is 0.0423 e. The van der Waals surface area contributed by atoms with E-state index in [1.807, 2.05) is 7.05 Å². The minimum atomic E-state index is 1.21. The zero-order valence-electron chi connectivity index (χ0n) is 14.4. The highest BCUT2D eigenvalue weighted by Crippen LogP contribution is 2.49. The Balaban J connectivity index is 2.05. The number of nitrogens with one attached hydrogen (secondary N) is 1. The predicted octanol–water partition coefficient (Wildman–Crippen LogP) is 6.96. The molecule has 0 atom stereocenters. The molecule has 26 heavy (non-hydrogen) atoms. The Kier molecular flexibility index (Phi) is 2.03. The maximum Gasteiger partial charge on any atom is 0.0423 e. The van der Waals surface area contributed by atoms with Crippen LogP contribution in [0.2, 0.25) is 0 Å². The van der Waals surface area contributed by atoms with Crippen LogP contribution in [0, 0.1) is 0 Å². The molecule has 1 N–H and O–H groups in total. The molecule has 0 aromatic heterocycles. The lowest BCUT2D eigenvalue weighted by Gasteiger charge is -2.21. The molecule has 0 aliphatic rings. The summed E-state index contributed by atoms with van der Waals surface area (Å²) in [5, 5.41) is 19.9. The second kappa shape index (κ2) is 4.08. The highest BCUT2D eigenvalue weighted by atomic mass is 14.8. The predicted molar refractivity (Wildman–Crippen MR) is 115 cm³/mol. The van der Waals surface area contributed by atoms with E-state index < -0.39 is 0 Å². The molecule has 0 saturated carbocycles. The van der Waals surface area contributed by atoms with E-state index in [1.54, 1.807) is 0 Å². The third kappa shape index (κ3) is 1.26. The minimum absolute atomic E-state index is 1.21. The Labute approximate surface area is 149 Å². The first kappa shape index (κ1) is 13.0. The van der Waals surface area contributed by atoms with Crippen LogP contribution in [0.5, 0.6) is 0 Å². The van der Waals surface area contributed by atoms with Gasteiger partial charge in [-0.25, -0.2) is 0 Å². The Morgan fingerprint density at radius 3 is 1.35 bits per heavy atom. The van der Waals surface area contributed by atoms with Crippen LogP contribution in [0.3, 0.4) is 0 Å². The third-order valence-electron chi connectivity index (χ3n) is 6.27. The maximum absolute atomic E-state index is 3.42. The monoisotopic (exact) mass is 329 g/mol. The summed E-state index contributed by atoms with van der Waals surface area (Å²) < 4.78 is 0. The lowest BCUT2D eigenvalue weighted by molar-refractivity contribution is 1.56. The topological polar surface area (TPSA) is 12.0 Å². The van der Waals surface area contributed by atoms with Crippen molar-refractivity contribution in [3.05, 3.63) is 66.7 Å². The lowest BCUT2D eigenvalue weighted by Crippen LogP contribution is -1.95. The molecule has 0 radical (unpaired) electrons. The van der Waals surface area contributed by atoms with Gasteiger partial charge in [0.2, 0.25) is 0 Å². The van der Waals surface area contributed by atoms with Crippen molar-refractivity contribution >= 4 is 70.3 Å². The normalized spacial score (nSPS) is 12.8. The fourth-order valence-electron chi connectivity index (χ4n) is 5.19. The van der Waals surface area contributed by atoms with Gasteiger partial charge in [-0.3, -0.25) is 0 Å². The molecule has 120 valence electrons. The Morgan fingerprint density at radius 2 is 0.846 bits per heavy atom. The highest BCUT2D eigenvalue weighted by molar-refractivity contribution is 6.45. The van der Waals surface area contributed by atoms with Crippen molar-refractivity contribution in [3.8, 4) is 0 Å².